The van der Waals surface area contributed by atoms with Crippen LogP contribution in [-0.2, 0) is 11.3 Å². The van der Waals surface area contributed by atoms with Crippen LogP contribution in [0, 0.1) is 0 Å². The first-order chi connectivity index (χ1) is 7.79. The second-order valence-corrected chi connectivity index (χ2v) is 4.02. The van der Waals surface area contributed by atoms with E-state index in [0.29, 0.717) is 0 Å². The Hall–Kier alpha value is -1.20. The van der Waals surface area contributed by atoms with E-state index in [1.54, 1.807) is 0 Å². The van der Waals surface area contributed by atoms with Gasteiger partial charge in [-0.05, 0) is 14.0 Å². The van der Waals surface area contributed by atoms with E-state index < -0.39 is 0 Å². The zero-order chi connectivity index (χ0) is 11.4. The molecule has 5 heteroatoms. The molecule has 0 amide bonds. The van der Waals surface area contributed by atoms with E-state index in [9.17, 15) is 0 Å². The SMILES string of the molecule is CNCc1cnc(N2CCOC(C)C2)cn1. The molecule has 1 N–H and O–H groups in total. The van der Waals surface area contributed by atoms with Crippen molar-refractivity contribution in [3.05, 3.63) is 18.1 Å². The highest BCUT2D eigenvalue weighted by molar-refractivity contribution is 5.36. The minimum Gasteiger partial charge on any atom is -0.375 e. The van der Waals surface area contributed by atoms with Crippen molar-refractivity contribution >= 4 is 5.82 Å². The van der Waals surface area contributed by atoms with Crippen molar-refractivity contribution in [1.29, 1.82) is 0 Å². The lowest BCUT2D eigenvalue weighted by Gasteiger charge is -2.31. The third kappa shape index (κ3) is 2.68. The smallest absolute Gasteiger partial charge is 0.147 e. The number of aromatic nitrogens is 2. The Bertz CT molecular complexity index is 327. The average Bonchev–Trinajstić information content (AvgIpc) is 2.30. The van der Waals surface area contributed by atoms with Gasteiger partial charge in [-0.15, -0.1) is 0 Å². The predicted molar refractivity (Wildman–Crippen MR) is 62.4 cm³/mol. The van der Waals surface area contributed by atoms with Gasteiger partial charge in [0.2, 0.25) is 0 Å². The Balaban J connectivity index is 2.03. The second-order valence-electron chi connectivity index (χ2n) is 4.02. The molecule has 0 aromatic carbocycles. The molecule has 16 heavy (non-hydrogen) atoms. The normalized spacial score (nSPS) is 21.1. The van der Waals surface area contributed by atoms with Gasteiger partial charge in [0, 0.05) is 19.6 Å². The number of morpholine rings is 1. The first kappa shape index (κ1) is 11.3. The fourth-order valence-corrected chi connectivity index (χ4v) is 1.81. The molecule has 1 unspecified atom stereocenters. The summed E-state index contributed by atoms with van der Waals surface area (Å²) in [6.45, 7) is 5.38. The molecular weight excluding hydrogens is 204 g/mol. The highest BCUT2D eigenvalue weighted by Crippen LogP contribution is 2.13. The van der Waals surface area contributed by atoms with Crippen LogP contribution in [0.3, 0.4) is 0 Å². The predicted octanol–water partition coefficient (Wildman–Crippen LogP) is 0.421. The van der Waals surface area contributed by atoms with Crippen molar-refractivity contribution in [2.24, 2.45) is 0 Å². The van der Waals surface area contributed by atoms with Gasteiger partial charge in [0.05, 0.1) is 30.8 Å². The molecule has 1 aromatic rings. The van der Waals surface area contributed by atoms with Gasteiger partial charge in [-0.2, -0.15) is 0 Å². The highest BCUT2D eigenvalue weighted by Gasteiger charge is 2.17. The topological polar surface area (TPSA) is 50.3 Å². The molecule has 1 atom stereocenters. The quantitative estimate of drug-likeness (QED) is 0.803. The molecular formula is C11H18N4O. The molecule has 0 aliphatic carbocycles. The van der Waals surface area contributed by atoms with Gasteiger partial charge in [-0.3, -0.25) is 4.98 Å². The lowest BCUT2D eigenvalue weighted by molar-refractivity contribution is 0.0529. The summed E-state index contributed by atoms with van der Waals surface area (Å²) in [5, 5.41) is 3.05. The van der Waals surface area contributed by atoms with Crippen LogP contribution in [0.5, 0.6) is 0 Å². The highest BCUT2D eigenvalue weighted by atomic mass is 16.5. The molecule has 1 saturated heterocycles. The summed E-state index contributed by atoms with van der Waals surface area (Å²) in [7, 11) is 1.90. The minimum atomic E-state index is 0.271. The monoisotopic (exact) mass is 222 g/mol. The summed E-state index contributed by atoms with van der Waals surface area (Å²) < 4.78 is 5.49. The van der Waals surface area contributed by atoms with Gasteiger partial charge in [0.25, 0.3) is 0 Å². The number of anilines is 1. The molecule has 2 rings (SSSR count). The molecule has 5 nitrogen and oxygen atoms in total. The number of nitrogens with one attached hydrogen (secondary N) is 1. The van der Waals surface area contributed by atoms with Crippen LogP contribution in [0.25, 0.3) is 0 Å². The minimum absolute atomic E-state index is 0.271. The molecule has 1 fully saturated rings. The maximum atomic E-state index is 5.49. The standard InChI is InChI=1S/C11H18N4O/c1-9-8-15(3-4-16-9)11-7-13-10(5-12-2)6-14-11/h6-7,9,12H,3-5,8H2,1-2H3. The Morgan fingerprint density at radius 1 is 1.50 bits per heavy atom. The average molecular weight is 222 g/mol. The number of hydrogen-bond acceptors (Lipinski definition) is 5. The van der Waals surface area contributed by atoms with Crippen LogP contribution in [0.4, 0.5) is 5.82 Å². The molecule has 1 aliphatic rings. The number of rotatable bonds is 3. The molecule has 0 bridgehead atoms. The van der Waals surface area contributed by atoms with Gasteiger partial charge in [0.1, 0.15) is 5.82 Å². The largest absolute Gasteiger partial charge is 0.375 e. The maximum absolute atomic E-state index is 5.49. The van der Waals surface area contributed by atoms with Crippen LogP contribution in [0.15, 0.2) is 12.4 Å². The van der Waals surface area contributed by atoms with Crippen molar-refractivity contribution in [3.8, 4) is 0 Å². The van der Waals surface area contributed by atoms with E-state index in [4.69, 9.17) is 4.74 Å². The molecule has 0 saturated carbocycles. The Morgan fingerprint density at radius 3 is 3.00 bits per heavy atom. The third-order valence-electron chi connectivity index (χ3n) is 2.61. The van der Waals surface area contributed by atoms with Crippen molar-refractivity contribution < 1.29 is 4.74 Å². The van der Waals surface area contributed by atoms with Gasteiger partial charge in [0.15, 0.2) is 0 Å². The van der Waals surface area contributed by atoms with Gasteiger partial charge < -0.3 is 15.0 Å². The van der Waals surface area contributed by atoms with Gasteiger partial charge in [-0.1, -0.05) is 0 Å². The summed E-state index contributed by atoms with van der Waals surface area (Å²) in [5.74, 6) is 0.940. The summed E-state index contributed by atoms with van der Waals surface area (Å²) in [6, 6.07) is 0. The van der Waals surface area contributed by atoms with Crippen molar-refractivity contribution in [2.45, 2.75) is 19.6 Å². The Labute approximate surface area is 95.8 Å². The van der Waals surface area contributed by atoms with E-state index >= 15 is 0 Å². The number of hydrogen-bond donors (Lipinski definition) is 1. The first-order valence-corrected chi connectivity index (χ1v) is 5.61. The summed E-state index contributed by atoms with van der Waals surface area (Å²) >= 11 is 0. The maximum Gasteiger partial charge on any atom is 0.147 e. The lowest BCUT2D eigenvalue weighted by Crippen LogP contribution is -2.41. The second kappa shape index (κ2) is 5.23. The fourth-order valence-electron chi connectivity index (χ4n) is 1.81. The first-order valence-electron chi connectivity index (χ1n) is 5.61. The van der Waals surface area contributed by atoms with Crippen LogP contribution in [0.1, 0.15) is 12.6 Å². The third-order valence-corrected chi connectivity index (χ3v) is 2.61. The molecule has 0 radical (unpaired) electrons. The van der Waals surface area contributed by atoms with Crippen molar-refractivity contribution in [1.82, 2.24) is 15.3 Å². The van der Waals surface area contributed by atoms with E-state index in [0.717, 1.165) is 37.8 Å². The van der Waals surface area contributed by atoms with E-state index in [-0.39, 0.29) is 6.10 Å². The Kier molecular flexibility index (Phi) is 3.69. The van der Waals surface area contributed by atoms with Crippen LogP contribution < -0.4 is 10.2 Å². The molecule has 2 heterocycles. The molecule has 88 valence electrons. The molecule has 1 aliphatic heterocycles. The van der Waals surface area contributed by atoms with Crippen LogP contribution in [-0.4, -0.2) is 42.8 Å². The zero-order valence-corrected chi connectivity index (χ0v) is 9.81. The summed E-state index contributed by atoms with van der Waals surface area (Å²) in [5.41, 5.74) is 0.965. The molecule has 0 spiro atoms. The van der Waals surface area contributed by atoms with Crippen molar-refractivity contribution in [2.75, 3.05) is 31.6 Å². The Morgan fingerprint density at radius 2 is 2.38 bits per heavy atom. The van der Waals surface area contributed by atoms with E-state index in [2.05, 4.69) is 27.1 Å². The number of nitrogens with zero attached hydrogens (tertiary/aromatic N) is 3. The van der Waals surface area contributed by atoms with E-state index in [1.165, 1.54) is 0 Å². The zero-order valence-electron chi connectivity index (χ0n) is 9.81. The lowest BCUT2D eigenvalue weighted by atomic mass is 10.3. The van der Waals surface area contributed by atoms with Crippen molar-refractivity contribution in [3.63, 3.8) is 0 Å². The van der Waals surface area contributed by atoms with Crippen LogP contribution >= 0.6 is 0 Å². The fraction of sp³-hybridized carbons (Fsp3) is 0.636. The number of ether oxygens (including phenoxy) is 1. The van der Waals surface area contributed by atoms with Crippen LogP contribution in [0.2, 0.25) is 0 Å². The van der Waals surface area contributed by atoms with Gasteiger partial charge >= 0.3 is 0 Å². The summed E-state index contributed by atoms with van der Waals surface area (Å²) in [4.78, 5) is 11.0. The summed E-state index contributed by atoms with van der Waals surface area (Å²) in [6.07, 6.45) is 3.93. The molecule has 1 aromatic heterocycles. The van der Waals surface area contributed by atoms with E-state index in [1.807, 2.05) is 19.4 Å². The van der Waals surface area contributed by atoms with Gasteiger partial charge in [-0.25, -0.2) is 4.98 Å².